The van der Waals surface area contributed by atoms with Gasteiger partial charge in [0.15, 0.2) is 11.5 Å². The molecule has 0 fully saturated rings. The minimum Gasteiger partial charge on any atom is -0.334 e. The SMILES string of the molecule is Cn1ncc2[nH]c(-c3cncn3Cc3ccccc3)nc21. The van der Waals surface area contributed by atoms with Crippen molar-refractivity contribution in [2.24, 2.45) is 7.05 Å². The number of rotatable bonds is 3. The maximum Gasteiger partial charge on any atom is 0.176 e. The van der Waals surface area contributed by atoms with Crippen LogP contribution in [0.25, 0.3) is 22.7 Å². The van der Waals surface area contributed by atoms with Crippen molar-refractivity contribution in [3.63, 3.8) is 0 Å². The van der Waals surface area contributed by atoms with Crippen LogP contribution in [0.1, 0.15) is 5.56 Å². The molecule has 0 aliphatic rings. The molecule has 0 radical (unpaired) electrons. The quantitative estimate of drug-likeness (QED) is 0.625. The van der Waals surface area contributed by atoms with E-state index in [0.717, 1.165) is 29.2 Å². The van der Waals surface area contributed by atoms with Gasteiger partial charge in [0, 0.05) is 13.6 Å². The summed E-state index contributed by atoms with van der Waals surface area (Å²) in [5.41, 5.74) is 3.97. The van der Waals surface area contributed by atoms with E-state index in [-0.39, 0.29) is 0 Å². The minimum atomic E-state index is 0.769. The van der Waals surface area contributed by atoms with Crippen LogP contribution in [-0.2, 0) is 13.6 Å². The molecule has 6 nitrogen and oxygen atoms in total. The maximum absolute atomic E-state index is 4.60. The van der Waals surface area contributed by atoms with E-state index in [4.69, 9.17) is 0 Å². The fourth-order valence-electron chi connectivity index (χ4n) is 2.46. The van der Waals surface area contributed by atoms with Crippen molar-refractivity contribution in [2.45, 2.75) is 6.54 Å². The number of fused-ring (bicyclic) bond motifs is 1. The van der Waals surface area contributed by atoms with E-state index >= 15 is 0 Å². The third-order valence-corrected chi connectivity index (χ3v) is 3.53. The molecule has 0 saturated carbocycles. The van der Waals surface area contributed by atoms with Gasteiger partial charge in [0.25, 0.3) is 0 Å². The molecule has 0 saturated heterocycles. The van der Waals surface area contributed by atoms with Crippen LogP contribution in [0.5, 0.6) is 0 Å². The molecule has 3 aromatic heterocycles. The summed E-state index contributed by atoms with van der Waals surface area (Å²) in [4.78, 5) is 12.1. The molecule has 3 heterocycles. The molecule has 1 aromatic carbocycles. The van der Waals surface area contributed by atoms with Gasteiger partial charge in [-0.25, -0.2) is 14.6 Å². The first-order chi connectivity index (χ1) is 10.3. The summed E-state index contributed by atoms with van der Waals surface area (Å²) >= 11 is 0. The second-order valence-electron chi connectivity index (χ2n) is 4.98. The van der Waals surface area contributed by atoms with Crippen LogP contribution in [0.4, 0.5) is 0 Å². The lowest BCUT2D eigenvalue weighted by Gasteiger charge is -2.06. The molecule has 0 unspecified atom stereocenters. The van der Waals surface area contributed by atoms with Crippen LogP contribution in [0.15, 0.2) is 49.1 Å². The maximum atomic E-state index is 4.60. The molecule has 0 spiro atoms. The third kappa shape index (κ3) is 2.01. The van der Waals surface area contributed by atoms with Crippen LogP contribution in [0.2, 0.25) is 0 Å². The van der Waals surface area contributed by atoms with Crippen molar-refractivity contribution in [3.05, 3.63) is 54.6 Å². The number of aryl methyl sites for hydroxylation is 1. The topological polar surface area (TPSA) is 64.3 Å². The van der Waals surface area contributed by atoms with Gasteiger partial charge in [-0.1, -0.05) is 30.3 Å². The van der Waals surface area contributed by atoms with Crippen molar-refractivity contribution in [3.8, 4) is 11.5 Å². The van der Waals surface area contributed by atoms with Crippen LogP contribution in [0.3, 0.4) is 0 Å². The number of imidazole rings is 2. The number of aromatic amines is 1. The van der Waals surface area contributed by atoms with Crippen LogP contribution in [-0.4, -0.2) is 29.3 Å². The molecule has 0 atom stereocenters. The van der Waals surface area contributed by atoms with Gasteiger partial charge in [0.05, 0.1) is 18.7 Å². The predicted octanol–water partition coefficient (Wildman–Crippen LogP) is 2.21. The van der Waals surface area contributed by atoms with Gasteiger partial charge in [-0.3, -0.25) is 0 Å². The minimum absolute atomic E-state index is 0.769. The van der Waals surface area contributed by atoms with E-state index in [0.29, 0.717) is 0 Å². The highest BCUT2D eigenvalue weighted by molar-refractivity contribution is 5.74. The Morgan fingerprint density at radius 2 is 2.00 bits per heavy atom. The number of hydrogen-bond acceptors (Lipinski definition) is 3. The summed E-state index contributed by atoms with van der Waals surface area (Å²) < 4.78 is 3.84. The van der Waals surface area contributed by atoms with Crippen LogP contribution < -0.4 is 0 Å². The van der Waals surface area contributed by atoms with Crippen LogP contribution in [0, 0.1) is 0 Å². The normalized spacial score (nSPS) is 11.3. The van der Waals surface area contributed by atoms with Gasteiger partial charge >= 0.3 is 0 Å². The summed E-state index contributed by atoms with van der Waals surface area (Å²) in [6.07, 6.45) is 5.44. The van der Waals surface area contributed by atoms with Gasteiger partial charge in [0.2, 0.25) is 0 Å². The summed E-state index contributed by atoms with van der Waals surface area (Å²) in [6.45, 7) is 0.769. The molecule has 4 rings (SSSR count). The number of benzene rings is 1. The fourth-order valence-corrected chi connectivity index (χ4v) is 2.46. The lowest BCUT2D eigenvalue weighted by molar-refractivity contribution is 0.782. The van der Waals surface area contributed by atoms with E-state index in [9.17, 15) is 0 Å². The van der Waals surface area contributed by atoms with E-state index in [1.807, 2.05) is 37.8 Å². The number of nitrogens with one attached hydrogen (secondary N) is 1. The smallest absolute Gasteiger partial charge is 0.176 e. The molecule has 0 aliphatic carbocycles. The highest BCUT2D eigenvalue weighted by atomic mass is 15.3. The molecule has 104 valence electrons. The highest BCUT2D eigenvalue weighted by Crippen LogP contribution is 2.20. The highest BCUT2D eigenvalue weighted by Gasteiger charge is 2.12. The molecule has 6 heteroatoms. The van der Waals surface area contributed by atoms with Crippen LogP contribution >= 0.6 is 0 Å². The molecule has 0 bridgehead atoms. The first-order valence-electron chi connectivity index (χ1n) is 6.73. The average Bonchev–Trinajstić information content (AvgIpc) is 3.18. The van der Waals surface area contributed by atoms with Crippen molar-refractivity contribution in [2.75, 3.05) is 0 Å². The van der Waals surface area contributed by atoms with Crippen molar-refractivity contribution >= 4 is 11.2 Å². The zero-order chi connectivity index (χ0) is 14.2. The Labute approximate surface area is 121 Å². The summed E-state index contributed by atoms with van der Waals surface area (Å²) in [5, 5.41) is 4.17. The number of H-pyrrole nitrogens is 1. The molecule has 0 amide bonds. The van der Waals surface area contributed by atoms with Gasteiger partial charge in [-0.15, -0.1) is 0 Å². The fraction of sp³-hybridized carbons (Fsp3) is 0.133. The Bertz CT molecular complexity index is 883. The zero-order valence-corrected chi connectivity index (χ0v) is 11.6. The third-order valence-electron chi connectivity index (χ3n) is 3.53. The van der Waals surface area contributed by atoms with E-state index in [1.54, 1.807) is 10.9 Å². The molecule has 21 heavy (non-hydrogen) atoms. The van der Waals surface area contributed by atoms with Crippen molar-refractivity contribution in [1.82, 2.24) is 29.3 Å². The standard InChI is InChI=1S/C15H14N6/c1-20-15-12(7-17-20)18-14(19-15)13-8-16-10-21(13)9-11-5-3-2-4-6-11/h2-8,10H,9H2,1H3,(H,18,19). The predicted molar refractivity (Wildman–Crippen MR) is 79.6 cm³/mol. The number of nitrogens with zero attached hydrogens (tertiary/aromatic N) is 5. The Morgan fingerprint density at radius 3 is 2.81 bits per heavy atom. The lowest BCUT2D eigenvalue weighted by Crippen LogP contribution is -2.01. The van der Waals surface area contributed by atoms with Crippen molar-refractivity contribution in [1.29, 1.82) is 0 Å². The summed E-state index contributed by atoms with van der Waals surface area (Å²) in [5.74, 6) is 0.812. The average molecular weight is 278 g/mol. The Balaban J connectivity index is 1.74. The largest absolute Gasteiger partial charge is 0.334 e. The lowest BCUT2D eigenvalue weighted by atomic mass is 10.2. The second-order valence-corrected chi connectivity index (χ2v) is 4.98. The Morgan fingerprint density at radius 1 is 1.14 bits per heavy atom. The van der Waals surface area contributed by atoms with Gasteiger partial charge in [-0.2, -0.15) is 5.10 Å². The van der Waals surface area contributed by atoms with E-state index < -0.39 is 0 Å². The summed E-state index contributed by atoms with van der Waals surface area (Å²) in [7, 11) is 1.88. The summed E-state index contributed by atoms with van der Waals surface area (Å²) in [6, 6.07) is 10.3. The Hall–Kier alpha value is -2.89. The first kappa shape index (κ1) is 11.9. The molecular weight excluding hydrogens is 264 g/mol. The monoisotopic (exact) mass is 278 g/mol. The Kier molecular flexibility index (Phi) is 2.60. The molecule has 4 aromatic rings. The van der Waals surface area contributed by atoms with E-state index in [1.165, 1.54) is 5.56 Å². The molecule has 0 aliphatic heterocycles. The van der Waals surface area contributed by atoms with Gasteiger partial charge in [0.1, 0.15) is 11.2 Å². The van der Waals surface area contributed by atoms with Crippen molar-refractivity contribution < 1.29 is 0 Å². The zero-order valence-electron chi connectivity index (χ0n) is 11.6. The number of aromatic nitrogens is 6. The molecular formula is C15H14N6. The van der Waals surface area contributed by atoms with E-state index in [2.05, 4.69) is 36.8 Å². The number of hydrogen-bond donors (Lipinski definition) is 1. The first-order valence-corrected chi connectivity index (χ1v) is 6.73. The van der Waals surface area contributed by atoms with Gasteiger partial charge in [-0.05, 0) is 5.56 Å². The molecule has 1 N–H and O–H groups in total. The second kappa shape index (κ2) is 4.59. The van der Waals surface area contributed by atoms with Gasteiger partial charge < -0.3 is 9.55 Å².